The fraction of sp³-hybridized carbons (Fsp3) is 0.714. The second kappa shape index (κ2) is 6.70. The van der Waals surface area contributed by atoms with Crippen LogP contribution in [-0.2, 0) is 20.6 Å². The number of sulfonamides is 1. The molecule has 2 rings (SSSR count). The molecule has 6 nitrogen and oxygen atoms in total. The molecule has 1 aromatic rings. The zero-order chi connectivity index (χ0) is 15.5. The standard InChI is InChI=1S/C14H22N2O4S/c1-11(17)8-14-6-4-3-5-7-16(14)21(18,19)10-13-9-12(2)20-15-13/h9,14H,3-8,10H2,1-2H3. The van der Waals surface area contributed by atoms with Crippen LogP contribution in [0.5, 0.6) is 0 Å². The minimum absolute atomic E-state index is 0.0272. The van der Waals surface area contributed by atoms with Crippen molar-refractivity contribution in [3.8, 4) is 0 Å². The molecule has 0 bridgehead atoms. The van der Waals surface area contributed by atoms with Crippen LogP contribution in [0.2, 0.25) is 0 Å². The second-order valence-electron chi connectivity index (χ2n) is 5.71. The van der Waals surface area contributed by atoms with Crippen LogP contribution in [0.3, 0.4) is 0 Å². The van der Waals surface area contributed by atoms with Gasteiger partial charge in [-0.05, 0) is 26.7 Å². The van der Waals surface area contributed by atoms with Crippen molar-refractivity contribution in [3.05, 3.63) is 17.5 Å². The van der Waals surface area contributed by atoms with Gasteiger partial charge in [0.1, 0.15) is 23.0 Å². The summed E-state index contributed by atoms with van der Waals surface area (Å²) in [5.41, 5.74) is 0.415. The first-order valence-electron chi connectivity index (χ1n) is 7.29. The molecule has 21 heavy (non-hydrogen) atoms. The Morgan fingerprint density at radius 2 is 2.19 bits per heavy atom. The van der Waals surface area contributed by atoms with Crippen LogP contribution in [0, 0.1) is 6.92 Å². The van der Waals surface area contributed by atoms with Gasteiger partial charge in [-0.2, -0.15) is 4.31 Å². The fourth-order valence-corrected chi connectivity index (χ4v) is 4.53. The SMILES string of the molecule is CC(=O)CC1CCCCCN1S(=O)(=O)Cc1cc(C)on1. The van der Waals surface area contributed by atoms with E-state index in [0.717, 1.165) is 25.7 Å². The van der Waals surface area contributed by atoms with Crippen molar-refractivity contribution in [1.29, 1.82) is 0 Å². The van der Waals surface area contributed by atoms with Gasteiger partial charge in [-0.3, -0.25) is 4.79 Å². The Bertz CT molecular complexity index is 594. The van der Waals surface area contributed by atoms with E-state index >= 15 is 0 Å². The summed E-state index contributed by atoms with van der Waals surface area (Å²) in [5.74, 6) is 0.453. The minimum Gasteiger partial charge on any atom is -0.361 e. The number of ketones is 1. The van der Waals surface area contributed by atoms with E-state index in [1.54, 1.807) is 13.0 Å². The molecule has 1 aliphatic heterocycles. The summed E-state index contributed by atoms with van der Waals surface area (Å²) >= 11 is 0. The van der Waals surface area contributed by atoms with E-state index in [-0.39, 0.29) is 24.0 Å². The van der Waals surface area contributed by atoms with Gasteiger partial charge in [0.2, 0.25) is 10.0 Å². The van der Waals surface area contributed by atoms with E-state index in [1.807, 2.05) is 0 Å². The summed E-state index contributed by atoms with van der Waals surface area (Å²) in [6.45, 7) is 3.72. The molecule has 1 saturated heterocycles. The third-order valence-electron chi connectivity index (χ3n) is 3.71. The smallest absolute Gasteiger partial charge is 0.220 e. The van der Waals surface area contributed by atoms with Crippen LogP contribution < -0.4 is 0 Å². The molecular formula is C14H22N2O4S. The van der Waals surface area contributed by atoms with Crippen molar-refractivity contribution in [3.63, 3.8) is 0 Å². The van der Waals surface area contributed by atoms with E-state index in [4.69, 9.17) is 4.52 Å². The van der Waals surface area contributed by atoms with Crippen molar-refractivity contribution in [2.24, 2.45) is 0 Å². The van der Waals surface area contributed by atoms with Crippen molar-refractivity contribution in [2.75, 3.05) is 6.54 Å². The molecular weight excluding hydrogens is 292 g/mol. The Kier molecular flexibility index (Phi) is 5.16. The molecule has 1 aromatic heterocycles. The normalized spacial score (nSPS) is 21.1. The molecule has 7 heteroatoms. The monoisotopic (exact) mass is 314 g/mol. The molecule has 0 spiro atoms. The van der Waals surface area contributed by atoms with Gasteiger partial charge in [-0.25, -0.2) is 8.42 Å². The van der Waals surface area contributed by atoms with Crippen molar-refractivity contribution in [2.45, 2.75) is 57.7 Å². The zero-order valence-corrected chi connectivity index (χ0v) is 13.4. The minimum atomic E-state index is -3.48. The molecule has 118 valence electrons. The van der Waals surface area contributed by atoms with Gasteiger partial charge in [0, 0.05) is 25.1 Å². The quantitative estimate of drug-likeness (QED) is 0.830. The fourth-order valence-electron chi connectivity index (χ4n) is 2.81. The highest BCUT2D eigenvalue weighted by molar-refractivity contribution is 7.88. The summed E-state index contributed by atoms with van der Waals surface area (Å²) in [7, 11) is -3.48. The van der Waals surface area contributed by atoms with Crippen LogP contribution in [0.15, 0.2) is 10.6 Å². The molecule has 0 N–H and O–H groups in total. The number of carbonyl (C=O) groups excluding carboxylic acids is 1. The number of rotatable bonds is 5. The average Bonchev–Trinajstić information content (AvgIpc) is 2.62. The van der Waals surface area contributed by atoms with Gasteiger partial charge in [0.15, 0.2) is 0 Å². The Morgan fingerprint density at radius 3 is 2.81 bits per heavy atom. The largest absolute Gasteiger partial charge is 0.361 e. The van der Waals surface area contributed by atoms with Gasteiger partial charge in [-0.1, -0.05) is 18.0 Å². The van der Waals surface area contributed by atoms with E-state index in [9.17, 15) is 13.2 Å². The molecule has 1 fully saturated rings. The van der Waals surface area contributed by atoms with Crippen LogP contribution in [0.1, 0.15) is 50.5 Å². The number of nitrogens with zero attached hydrogens (tertiary/aromatic N) is 2. The summed E-state index contributed by atoms with van der Waals surface area (Å²) in [5, 5.41) is 3.76. The molecule has 0 aromatic carbocycles. The first-order chi connectivity index (χ1) is 9.88. The van der Waals surface area contributed by atoms with E-state index in [2.05, 4.69) is 5.16 Å². The first-order valence-corrected chi connectivity index (χ1v) is 8.90. The lowest BCUT2D eigenvalue weighted by Gasteiger charge is -2.28. The molecule has 1 unspecified atom stereocenters. The number of carbonyl (C=O) groups is 1. The maximum Gasteiger partial charge on any atom is 0.220 e. The van der Waals surface area contributed by atoms with Crippen molar-refractivity contribution >= 4 is 15.8 Å². The molecule has 0 saturated carbocycles. The zero-order valence-electron chi connectivity index (χ0n) is 12.5. The maximum absolute atomic E-state index is 12.6. The summed E-state index contributed by atoms with van der Waals surface area (Å²) in [4.78, 5) is 11.4. The highest BCUT2D eigenvalue weighted by Crippen LogP contribution is 2.24. The van der Waals surface area contributed by atoms with E-state index in [0.29, 0.717) is 18.0 Å². The molecule has 2 heterocycles. The molecule has 0 aliphatic carbocycles. The Balaban J connectivity index is 2.18. The number of aromatic nitrogens is 1. The Morgan fingerprint density at radius 1 is 1.43 bits per heavy atom. The predicted molar refractivity (Wildman–Crippen MR) is 78.1 cm³/mol. The molecule has 1 aliphatic rings. The van der Waals surface area contributed by atoms with Crippen LogP contribution in [0.25, 0.3) is 0 Å². The first kappa shape index (κ1) is 16.2. The van der Waals surface area contributed by atoms with Gasteiger partial charge in [0.25, 0.3) is 0 Å². The second-order valence-corrected chi connectivity index (χ2v) is 7.63. The van der Waals surface area contributed by atoms with Crippen LogP contribution in [-0.4, -0.2) is 36.2 Å². The third kappa shape index (κ3) is 4.38. The van der Waals surface area contributed by atoms with Gasteiger partial charge in [-0.15, -0.1) is 0 Å². The van der Waals surface area contributed by atoms with Crippen molar-refractivity contribution in [1.82, 2.24) is 9.46 Å². The summed E-state index contributed by atoms with van der Waals surface area (Å²) in [6.07, 6.45) is 3.84. The Labute approximate surface area is 125 Å². The number of hydrogen-bond donors (Lipinski definition) is 0. The lowest BCUT2D eigenvalue weighted by atomic mass is 10.1. The highest BCUT2D eigenvalue weighted by atomic mass is 32.2. The predicted octanol–water partition coefficient (Wildman–Crippen LogP) is 2.04. The molecule has 1 atom stereocenters. The average molecular weight is 314 g/mol. The van der Waals surface area contributed by atoms with E-state index < -0.39 is 10.0 Å². The summed E-state index contributed by atoms with van der Waals surface area (Å²) < 4.78 is 31.7. The van der Waals surface area contributed by atoms with Gasteiger partial charge < -0.3 is 4.52 Å². The van der Waals surface area contributed by atoms with E-state index in [1.165, 1.54) is 11.2 Å². The highest BCUT2D eigenvalue weighted by Gasteiger charge is 2.32. The Hall–Kier alpha value is -1.21. The third-order valence-corrected chi connectivity index (χ3v) is 5.57. The number of aryl methyl sites for hydroxylation is 1. The van der Waals surface area contributed by atoms with Crippen LogP contribution in [0.4, 0.5) is 0 Å². The van der Waals surface area contributed by atoms with Gasteiger partial charge in [0.05, 0.1) is 0 Å². The molecule has 0 amide bonds. The molecule has 0 radical (unpaired) electrons. The van der Waals surface area contributed by atoms with Crippen molar-refractivity contribution < 1.29 is 17.7 Å². The topological polar surface area (TPSA) is 80.5 Å². The lowest BCUT2D eigenvalue weighted by Crippen LogP contribution is -2.41. The van der Waals surface area contributed by atoms with Gasteiger partial charge >= 0.3 is 0 Å². The van der Waals surface area contributed by atoms with Crippen LogP contribution >= 0.6 is 0 Å². The lowest BCUT2D eigenvalue weighted by molar-refractivity contribution is -0.117. The maximum atomic E-state index is 12.6. The number of Topliss-reactive ketones (excluding diaryl/α,β-unsaturated/α-hetero) is 1. The summed E-state index contributed by atoms with van der Waals surface area (Å²) in [6, 6.07) is 1.41. The number of hydrogen-bond acceptors (Lipinski definition) is 5.